The summed E-state index contributed by atoms with van der Waals surface area (Å²) in [6.07, 6.45) is -3.10. The van der Waals surface area contributed by atoms with Gasteiger partial charge in [0, 0.05) is 26.2 Å². The summed E-state index contributed by atoms with van der Waals surface area (Å²) in [6.45, 7) is 4.20. The van der Waals surface area contributed by atoms with Gasteiger partial charge in [0.05, 0.1) is 6.61 Å². The SMILES string of the molecule is CCC(CC)N(CCOC)CC(C(N)=NO)C(F)(F)F. The van der Waals surface area contributed by atoms with Crippen LogP contribution in [0.4, 0.5) is 13.2 Å². The average Bonchev–Trinajstić information content (AvgIpc) is 2.39. The van der Waals surface area contributed by atoms with E-state index in [0.29, 0.717) is 13.2 Å². The Morgan fingerprint density at radius 1 is 1.35 bits per heavy atom. The lowest BCUT2D eigenvalue weighted by Crippen LogP contribution is -2.48. The molecule has 0 saturated carbocycles. The van der Waals surface area contributed by atoms with Gasteiger partial charge in [0.25, 0.3) is 0 Å². The molecule has 0 aliphatic rings. The Labute approximate surface area is 117 Å². The van der Waals surface area contributed by atoms with Crippen LogP contribution in [0.1, 0.15) is 26.7 Å². The Morgan fingerprint density at radius 2 is 1.90 bits per heavy atom. The summed E-state index contributed by atoms with van der Waals surface area (Å²) < 4.78 is 43.9. The maximum atomic E-state index is 13.0. The van der Waals surface area contributed by atoms with E-state index < -0.39 is 17.9 Å². The van der Waals surface area contributed by atoms with Crippen molar-refractivity contribution in [3.63, 3.8) is 0 Å². The van der Waals surface area contributed by atoms with E-state index in [1.54, 1.807) is 4.90 Å². The molecule has 20 heavy (non-hydrogen) atoms. The molecule has 1 atom stereocenters. The first-order chi connectivity index (χ1) is 9.31. The zero-order chi connectivity index (χ0) is 15.8. The first-order valence-electron chi connectivity index (χ1n) is 6.58. The molecule has 0 bridgehead atoms. The van der Waals surface area contributed by atoms with Gasteiger partial charge >= 0.3 is 6.18 Å². The average molecular weight is 299 g/mol. The number of hydrogen-bond acceptors (Lipinski definition) is 4. The minimum Gasteiger partial charge on any atom is -0.409 e. The van der Waals surface area contributed by atoms with Gasteiger partial charge in [-0.25, -0.2) is 0 Å². The number of hydrogen-bond donors (Lipinski definition) is 2. The molecule has 0 rings (SSSR count). The highest BCUT2D eigenvalue weighted by atomic mass is 19.4. The molecule has 0 amide bonds. The molecule has 0 aromatic rings. The van der Waals surface area contributed by atoms with E-state index in [1.807, 2.05) is 13.8 Å². The van der Waals surface area contributed by atoms with Gasteiger partial charge in [0.1, 0.15) is 5.92 Å². The molecular formula is C12H24F3N3O2. The van der Waals surface area contributed by atoms with E-state index >= 15 is 0 Å². The number of ether oxygens (including phenoxy) is 1. The van der Waals surface area contributed by atoms with Crippen molar-refractivity contribution in [1.82, 2.24) is 4.90 Å². The molecule has 0 saturated heterocycles. The molecule has 0 heterocycles. The van der Waals surface area contributed by atoms with Gasteiger partial charge in [-0.15, -0.1) is 0 Å². The van der Waals surface area contributed by atoms with Crippen LogP contribution in [-0.2, 0) is 4.74 Å². The maximum absolute atomic E-state index is 13.0. The highest BCUT2D eigenvalue weighted by Gasteiger charge is 2.44. The fraction of sp³-hybridized carbons (Fsp3) is 0.917. The highest BCUT2D eigenvalue weighted by molar-refractivity contribution is 5.83. The Morgan fingerprint density at radius 3 is 2.25 bits per heavy atom. The molecular weight excluding hydrogens is 275 g/mol. The third-order valence-corrected chi connectivity index (χ3v) is 3.33. The van der Waals surface area contributed by atoms with Gasteiger partial charge in [0.15, 0.2) is 5.84 Å². The monoisotopic (exact) mass is 299 g/mol. The highest BCUT2D eigenvalue weighted by Crippen LogP contribution is 2.28. The van der Waals surface area contributed by atoms with Crippen molar-refractivity contribution >= 4 is 5.84 Å². The number of oxime groups is 1. The van der Waals surface area contributed by atoms with Crippen molar-refractivity contribution in [2.45, 2.75) is 38.9 Å². The molecule has 0 aromatic carbocycles. The zero-order valence-corrected chi connectivity index (χ0v) is 12.2. The number of nitrogens with two attached hydrogens (primary N) is 1. The Bertz CT molecular complexity index is 294. The smallest absolute Gasteiger partial charge is 0.400 e. The predicted molar refractivity (Wildman–Crippen MR) is 70.8 cm³/mol. The summed E-state index contributed by atoms with van der Waals surface area (Å²) in [5, 5.41) is 11.0. The van der Waals surface area contributed by atoms with Crippen LogP contribution in [0, 0.1) is 5.92 Å². The molecule has 1 unspecified atom stereocenters. The Hall–Kier alpha value is -1.02. The standard InChI is InChI=1S/C12H24F3N3O2/c1-4-9(5-2)18(6-7-20-3)8-10(11(16)17-19)12(13,14)15/h9-10,19H,4-8H2,1-3H3,(H2,16,17). The second kappa shape index (κ2) is 9.02. The lowest BCUT2D eigenvalue weighted by Gasteiger charge is -2.33. The van der Waals surface area contributed by atoms with Gasteiger partial charge < -0.3 is 15.7 Å². The predicted octanol–water partition coefficient (Wildman–Crippen LogP) is 2.05. The van der Waals surface area contributed by atoms with Crippen molar-refractivity contribution in [1.29, 1.82) is 0 Å². The number of nitrogens with zero attached hydrogens (tertiary/aromatic N) is 2. The fourth-order valence-corrected chi connectivity index (χ4v) is 2.11. The lowest BCUT2D eigenvalue weighted by atomic mass is 10.0. The van der Waals surface area contributed by atoms with Gasteiger partial charge in [-0.1, -0.05) is 19.0 Å². The molecule has 0 fully saturated rings. The van der Waals surface area contributed by atoms with Crippen LogP contribution < -0.4 is 5.73 Å². The second-order valence-corrected chi connectivity index (χ2v) is 4.58. The van der Waals surface area contributed by atoms with Crippen LogP contribution >= 0.6 is 0 Å². The molecule has 0 spiro atoms. The summed E-state index contributed by atoms with van der Waals surface area (Å²) in [6, 6.07) is 0.00138. The number of amidine groups is 1. The van der Waals surface area contributed by atoms with Crippen LogP contribution in [0.5, 0.6) is 0 Å². The summed E-state index contributed by atoms with van der Waals surface area (Å²) in [5.74, 6) is -2.80. The quantitative estimate of drug-likeness (QED) is 0.296. The van der Waals surface area contributed by atoms with E-state index in [0.717, 1.165) is 12.8 Å². The summed E-state index contributed by atoms with van der Waals surface area (Å²) in [7, 11) is 1.50. The largest absolute Gasteiger partial charge is 0.409 e. The van der Waals surface area contributed by atoms with Crippen LogP contribution in [0.25, 0.3) is 0 Å². The Balaban J connectivity index is 5.06. The molecule has 3 N–H and O–H groups in total. The van der Waals surface area contributed by atoms with Gasteiger partial charge in [-0.2, -0.15) is 13.2 Å². The first-order valence-corrected chi connectivity index (χ1v) is 6.58. The van der Waals surface area contributed by atoms with Crippen LogP contribution in [0.3, 0.4) is 0 Å². The van der Waals surface area contributed by atoms with Gasteiger partial charge in [-0.3, -0.25) is 4.90 Å². The number of alkyl halides is 3. The van der Waals surface area contributed by atoms with Crippen molar-refractivity contribution in [2.24, 2.45) is 16.8 Å². The molecule has 5 nitrogen and oxygen atoms in total. The molecule has 0 radical (unpaired) electrons. The van der Waals surface area contributed by atoms with Crippen molar-refractivity contribution in [3.8, 4) is 0 Å². The lowest BCUT2D eigenvalue weighted by molar-refractivity contribution is -0.162. The first kappa shape index (κ1) is 19.0. The third-order valence-electron chi connectivity index (χ3n) is 3.33. The fourth-order valence-electron chi connectivity index (χ4n) is 2.11. The van der Waals surface area contributed by atoms with Crippen molar-refractivity contribution in [2.75, 3.05) is 26.8 Å². The maximum Gasteiger partial charge on any atom is 0.400 e. The number of rotatable bonds is 9. The van der Waals surface area contributed by atoms with Crippen molar-refractivity contribution in [3.05, 3.63) is 0 Å². The van der Waals surface area contributed by atoms with Gasteiger partial charge in [0.2, 0.25) is 0 Å². The van der Waals surface area contributed by atoms with Gasteiger partial charge in [-0.05, 0) is 12.8 Å². The summed E-state index contributed by atoms with van der Waals surface area (Å²) in [4.78, 5) is 1.68. The van der Waals surface area contributed by atoms with E-state index in [1.165, 1.54) is 7.11 Å². The van der Waals surface area contributed by atoms with E-state index in [9.17, 15) is 13.2 Å². The summed E-state index contributed by atoms with van der Waals surface area (Å²) >= 11 is 0. The summed E-state index contributed by atoms with van der Waals surface area (Å²) in [5.41, 5.74) is 5.19. The second-order valence-electron chi connectivity index (χ2n) is 4.58. The number of methoxy groups -OCH3 is 1. The molecule has 0 aliphatic heterocycles. The minimum atomic E-state index is -4.55. The molecule has 8 heteroatoms. The van der Waals surface area contributed by atoms with Crippen LogP contribution in [-0.4, -0.2) is 55.0 Å². The van der Waals surface area contributed by atoms with Crippen LogP contribution in [0.15, 0.2) is 5.16 Å². The zero-order valence-electron chi connectivity index (χ0n) is 12.2. The Kier molecular flexibility index (Phi) is 8.56. The van der Waals surface area contributed by atoms with E-state index in [4.69, 9.17) is 15.7 Å². The van der Waals surface area contributed by atoms with E-state index in [2.05, 4.69) is 5.16 Å². The molecule has 0 aliphatic carbocycles. The molecule has 120 valence electrons. The van der Waals surface area contributed by atoms with Crippen molar-refractivity contribution < 1.29 is 23.1 Å². The third kappa shape index (κ3) is 5.96. The van der Waals surface area contributed by atoms with Crippen LogP contribution in [0.2, 0.25) is 0 Å². The normalized spacial score (nSPS) is 15.1. The number of halogens is 3. The molecule has 0 aromatic heterocycles. The minimum absolute atomic E-state index is 0.00138. The topological polar surface area (TPSA) is 71.1 Å². The van der Waals surface area contributed by atoms with E-state index in [-0.39, 0.29) is 12.6 Å².